The Morgan fingerprint density at radius 1 is 1.17 bits per heavy atom. The second-order valence-electron chi connectivity index (χ2n) is 8.25. The van der Waals surface area contributed by atoms with Gasteiger partial charge < -0.3 is 14.7 Å². The van der Waals surface area contributed by atoms with E-state index in [9.17, 15) is 5.11 Å². The summed E-state index contributed by atoms with van der Waals surface area (Å²) in [6, 6.07) is 8.24. The SMILES string of the molecule is CC1CCCC(CN(C)C)C1(O)c1cccc(OCC2CCC2)c1. The minimum absolute atomic E-state index is 0.276. The van der Waals surface area contributed by atoms with Gasteiger partial charge in [0.25, 0.3) is 0 Å². The van der Waals surface area contributed by atoms with Crippen LogP contribution in [0.2, 0.25) is 0 Å². The van der Waals surface area contributed by atoms with Crippen molar-refractivity contribution in [2.45, 2.75) is 51.0 Å². The number of ether oxygens (including phenoxy) is 1. The lowest BCUT2D eigenvalue weighted by Gasteiger charge is -2.46. The lowest BCUT2D eigenvalue weighted by molar-refractivity contribution is -0.102. The third kappa shape index (κ3) is 3.62. The summed E-state index contributed by atoms with van der Waals surface area (Å²) in [5, 5.41) is 11.7. The molecule has 0 bridgehead atoms. The molecule has 134 valence electrons. The number of aliphatic hydroxyl groups is 1. The first-order valence-corrected chi connectivity index (χ1v) is 9.60. The van der Waals surface area contributed by atoms with E-state index in [1.165, 1.54) is 25.7 Å². The minimum atomic E-state index is -0.752. The van der Waals surface area contributed by atoms with Gasteiger partial charge in [0.2, 0.25) is 0 Å². The smallest absolute Gasteiger partial charge is 0.119 e. The van der Waals surface area contributed by atoms with Crippen LogP contribution in [0.1, 0.15) is 51.0 Å². The van der Waals surface area contributed by atoms with Gasteiger partial charge in [0.05, 0.1) is 12.2 Å². The molecule has 3 unspecified atom stereocenters. The third-order valence-corrected chi connectivity index (χ3v) is 6.16. The van der Waals surface area contributed by atoms with Gasteiger partial charge >= 0.3 is 0 Å². The summed E-state index contributed by atoms with van der Waals surface area (Å²) in [4.78, 5) is 2.20. The van der Waals surface area contributed by atoms with Crippen LogP contribution in [0, 0.1) is 17.8 Å². The van der Waals surface area contributed by atoms with Gasteiger partial charge in [0.1, 0.15) is 5.75 Å². The molecule has 2 aliphatic rings. The van der Waals surface area contributed by atoms with Crippen molar-refractivity contribution in [1.29, 1.82) is 0 Å². The molecule has 3 heteroatoms. The van der Waals surface area contributed by atoms with E-state index >= 15 is 0 Å². The summed E-state index contributed by atoms with van der Waals surface area (Å²) >= 11 is 0. The first kappa shape index (κ1) is 17.8. The molecule has 24 heavy (non-hydrogen) atoms. The minimum Gasteiger partial charge on any atom is -0.493 e. The van der Waals surface area contributed by atoms with Crippen LogP contribution in [0.25, 0.3) is 0 Å². The molecule has 1 aromatic rings. The Bertz CT molecular complexity index is 540. The molecule has 0 heterocycles. The molecule has 3 rings (SSSR count). The number of benzene rings is 1. The van der Waals surface area contributed by atoms with Crippen LogP contribution in [-0.2, 0) is 5.60 Å². The van der Waals surface area contributed by atoms with Crippen molar-refractivity contribution in [2.75, 3.05) is 27.2 Å². The Hall–Kier alpha value is -1.06. The van der Waals surface area contributed by atoms with Crippen molar-refractivity contribution in [3.8, 4) is 5.75 Å². The zero-order chi connectivity index (χ0) is 17.2. The standard InChI is InChI=1S/C21H33NO2/c1-16-7-4-11-19(14-22(2)3)21(16,23)18-10-6-12-20(13-18)24-15-17-8-5-9-17/h6,10,12-13,16-17,19,23H,4-5,7-9,11,14-15H2,1-3H3. The zero-order valence-electron chi connectivity index (χ0n) is 15.5. The Morgan fingerprint density at radius 2 is 1.92 bits per heavy atom. The van der Waals surface area contributed by atoms with Crippen LogP contribution in [0.15, 0.2) is 24.3 Å². The highest BCUT2D eigenvalue weighted by Crippen LogP contribution is 2.46. The highest BCUT2D eigenvalue weighted by atomic mass is 16.5. The summed E-state index contributed by atoms with van der Waals surface area (Å²) in [5.74, 6) is 2.19. The molecule has 2 fully saturated rings. The van der Waals surface area contributed by atoms with Crippen LogP contribution in [0.5, 0.6) is 5.75 Å². The van der Waals surface area contributed by atoms with Gasteiger partial charge in [-0.15, -0.1) is 0 Å². The van der Waals surface area contributed by atoms with E-state index in [2.05, 4.69) is 38.1 Å². The monoisotopic (exact) mass is 331 g/mol. The highest BCUT2D eigenvalue weighted by Gasteiger charge is 2.45. The fraction of sp³-hybridized carbons (Fsp3) is 0.714. The van der Waals surface area contributed by atoms with E-state index in [1.54, 1.807) is 0 Å². The molecule has 0 aliphatic heterocycles. The normalized spacial score (nSPS) is 31.0. The van der Waals surface area contributed by atoms with Crippen LogP contribution >= 0.6 is 0 Å². The van der Waals surface area contributed by atoms with Crippen molar-refractivity contribution in [2.24, 2.45) is 17.8 Å². The quantitative estimate of drug-likeness (QED) is 0.853. The first-order chi connectivity index (χ1) is 11.5. The number of hydrogen-bond donors (Lipinski definition) is 1. The lowest BCUT2D eigenvalue weighted by atomic mass is 9.65. The molecule has 3 nitrogen and oxygen atoms in total. The van der Waals surface area contributed by atoms with Crippen molar-refractivity contribution in [3.05, 3.63) is 29.8 Å². The molecular formula is C21H33NO2. The number of rotatable bonds is 6. The molecule has 0 saturated heterocycles. The molecule has 0 radical (unpaired) electrons. The van der Waals surface area contributed by atoms with E-state index in [0.717, 1.165) is 43.2 Å². The second kappa shape index (κ2) is 7.45. The van der Waals surface area contributed by atoms with Crippen LogP contribution in [0.3, 0.4) is 0 Å². The van der Waals surface area contributed by atoms with Gasteiger partial charge in [-0.25, -0.2) is 0 Å². The van der Waals surface area contributed by atoms with Crippen molar-refractivity contribution >= 4 is 0 Å². The molecule has 2 aliphatic carbocycles. The largest absolute Gasteiger partial charge is 0.493 e. The number of nitrogens with zero attached hydrogens (tertiary/aromatic N) is 1. The van der Waals surface area contributed by atoms with Crippen molar-refractivity contribution in [1.82, 2.24) is 4.90 Å². The van der Waals surface area contributed by atoms with E-state index in [1.807, 2.05) is 12.1 Å². The van der Waals surface area contributed by atoms with E-state index in [0.29, 0.717) is 0 Å². The molecular weight excluding hydrogens is 298 g/mol. The Balaban J connectivity index is 1.80. The van der Waals surface area contributed by atoms with Gasteiger partial charge in [0.15, 0.2) is 0 Å². The Morgan fingerprint density at radius 3 is 2.58 bits per heavy atom. The fourth-order valence-electron chi connectivity index (χ4n) is 4.41. The predicted molar refractivity (Wildman–Crippen MR) is 98.2 cm³/mol. The molecule has 0 spiro atoms. The topological polar surface area (TPSA) is 32.7 Å². The number of hydrogen-bond acceptors (Lipinski definition) is 3. The van der Waals surface area contributed by atoms with Crippen LogP contribution in [-0.4, -0.2) is 37.3 Å². The van der Waals surface area contributed by atoms with Crippen LogP contribution < -0.4 is 4.74 Å². The van der Waals surface area contributed by atoms with Gasteiger partial charge in [-0.1, -0.05) is 31.9 Å². The molecule has 0 amide bonds. The van der Waals surface area contributed by atoms with Gasteiger partial charge in [-0.3, -0.25) is 0 Å². The van der Waals surface area contributed by atoms with Crippen molar-refractivity contribution < 1.29 is 9.84 Å². The summed E-state index contributed by atoms with van der Waals surface area (Å²) in [7, 11) is 4.19. The first-order valence-electron chi connectivity index (χ1n) is 9.60. The maximum atomic E-state index is 11.7. The second-order valence-corrected chi connectivity index (χ2v) is 8.25. The Kier molecular flexibility index (Phi) is 5.51. The molecule has 3 atom stereocenters. The van der Waals surface area contributed by atoms with Crippen LogP contribution in [0.4, 0.5) is 0 Å². The zero-order valence-corrected chi connectivity index (χ0v) is 15.5. The molecule has 1 aromatic carbocycles. The van der Waals surface area contributed by atoms with Crippen molar-refractivity contribution in [3.63, 3.8) is 0 Å². The van der Waals surface area contributed by atoms with Gasteiger partial charge in [-0.2, -0.15) is 0 Å². The van der Waals surface area contributed by atoms with E-state index in [-0.39, 0.29) is 11.8 Å². The average Bonchev–Trinajstić information content (AvgIpc) is 2.50. The molecule has 1 N–H and O–H groups in total. The summed E-state index contributed by atoms with van der Waals surface area (Å²) in [5.41, 5.74) is 0.283. The average molecular weight is 332 g/mol. The lowest BCUT2D eigenvalue weighted by Crippen LogP contribution is -2.47. The molecule has 0 aromatic heterocycles. The summed E-state index contributed by atoms with van der Waals surface area (Å²) in [6.07, 6.45) is 7.33. The maximum absolute atomic E-state index is 11.7. The third-order valence-electron chi connectivity index (χ3n) is 6.16. The fourth-order valence-corrected chi connectivity index (χ4v) is 4.41. The predicted octanol–water partition coefficient (Wildman–Crippen LogP) is 4.05. The highest BCUT2D eigenvalue weighted by molar-refractivity contribution is 5.34. The van der Waals surface area contributed by atoms with E-state index < -0.39 is 5.60 Å². The Labute approximate surface area is 147 Å². The van der Waals surface area contributed by atoms with Gasteiger partial charge in [-0.05, 0) is 69.3 Å². The maximum Gasteiger partial charge on any atom is 0.119 e. The summed E-state index contributed by atoms with van der Waals surface area (Å²) < 4.78 is 6.02. The van der Waals surface area contributed by atoms with E-state index in [4.69, 9.17) is 4.74 Å². The van der Waals surface area contributed by atoms with Gasteiger partial charge in [0, 0.05) is 12.5 Å². The molecule has 2 saturated carbocycles. The summed E-state index contributed by atoms with van der Waals surface area (Å²) in [6.45, 7) is 3.94.